The highest BCUT2D eigenvalue weighted by molar-refractivity contribution is 5.90. The summed E-state index contributed by atoms with van der Waals surface area (Å²) in [6.07, 6.45) is 8.83. The molecule has 1 aliphatic rings. The zero-order valence-electron chi connectivity index (χ0n) is 11.5. The molecule has 17 heavy (non-hydrogen) atoms. The number of hydrogen-bond donors (Lipinski definition) is 1. The molecule has 98 valence electrons. The quantitative estimate of drug-likeness (QED) is 0.582. The van der Waals surface area contributed by atoms with Crippen molar-refractivity contribution in [2.24, 2.45) is 11.3 Å². The smallest absolute Gasteiger partial charge is 0.159 e. The van der Waals surface area contributed by atoms with Crippen molar-refractivity contribution in [3.05, 3.63) is 11.8 Å². The maximum Gasteiger partial charge on any atom is 0.159 e. The first-order valence-electron chi connectivity index (χ1n) is 6.79. The number of carbonyl (C=O) groups is 1. The molecule has 0 aromatic carbocycles. The van der Waals surface area contributed by atoms with Crippen molar-refractivity contribution >= 4 is 5.78 Å². The molecule has 1 rings (SSSR count). The fourth-order valence-electron chi connectivity index (χ4n) is 2.51. The molecule has 0 aromatic heterocycles. The van der Waals surface area contributed by atoms with Crippen molar-refractivity contribution in [3.63, 3.8) is 0 Å². The Balaban J connectivity index is 2.39. The van der Waals surface area contributed by atoms with Crippen LogP contribution in [0.4, 0.5) is 0 Å². The lowest BCUT2D eigenvalue weighted by Crippen LogP contribution is -2.12. The molecule has 2 heteroatoms. The molecule has 0 bridgehead atoms. The van der Waals surface area contributed by atoms with Gasteiger partial charge in [-0.05, 0) is 11.3 Å². The van der Waals surface area contributed by atoms with Crippen molar-refractivity contribution in [2.45, 2.75) is 65.7 Å². The van der Waals surface area contributed by atoms with Crippen molar-refractivity contribution in [2.75, 3.05) is 0 Å². The predicted octanol–water partition coefficient (Wildman–Crippen LogP) is 4.40. The second-order valence-corrected chi connectivity index (χ2v) is 6.55. The van der Waals surface area contributed by atoms with E-state index in [-0.39, 0.29) is 17.0 Å². The van der Waals surface area contributed by atoms with Crippen LogP contribution in [0.1, 0.15) is 65.7 Å². The Morgan fingerprint density at radius 1 is 1.24 bits per heavy atom. The number of aliphatic hydroxyl groups excluding tert-OH is 1. The summed E-state index contributed by atoms with van der Waals surface area (Å²) in [6.45, 7) is 6.17. The SMILES string of the molecule is CC(C)(C)C/C(O)=C/C(=O)CC1CCCCC1. The van der Waals surface area contributed by atoms with E-state index in [9.17, 15) is 9.90 Å². The standard InChI is InChI=1S/C15H26O2/c1-15(2,3)11-14(17)10-13(16)9-12-7-5-4-6-8-12/h10,12,17H,4-9,11H2,1-3H3/b14-10-. The third-order valence-corrected chi connectivity index (χ3v) is 3.25. The highest BCUT2D eigenvalue weighted by Gasteiger charge is 2.17. The first kappa shape index (κ1) is 14.3. The maximum absolute atomic E-state index is 11.8. The largest absolute Gasteiger partial charge is 0.512 e. The zero-order chi connectivity index (χ0) is 12.9. The molecule has 2 nitrogen and oxygen atoms in total. The Morgan fingerprint density at radius 2 is 1.82 bits per heavy atom. The van der Waals surface area contributed by atoms with Crippen LogP contribution in [0.2, 0.25) is 0 Å². The fraction of sp³-hybridized carbons (Fsp3) is 0.800. The molecule has 0 atom stereocenters. The Kier molecular flexibility index (Phi) is 5.23. The van der Waals surface area contributed by atoms with E-state index in [0.29, 0.717) is 18.8 Å². The fourth-order valence-corrected chi connectivity index (χ4v) is 2.51. The zero-order valence-corrected chi connectivity index (χ0v) is 11.5. The monoisotopic (exact) mass is 238 g/mol. The third-order valence-electron chi connectivity index (χ3n) is 3.25. The van der Waals surface area contributed by atoms with E-state index in [1.165, 1.54) is 38.2 Å². The molecule has 1 N–H and O–H groups in total. The Hall–Kier alpha value is -0.790. The topological polar surface area (TPSA) is 37.3 Å². The van der Waals surface area contributed by atoms with E-state index in [4.69, 9.17) is 0 Å². The van der Waals surface area contributed by atoms with Gasteiger partial charge >= 0.3 is 0 Å². The van der Waals surface area contributed by atoms with Crippen LogP contribution in [-0.4, -0.2) is 10.9 Å². The number of aliphatic hydroxyl groups is 1. The average Bonchev–Trinajstić information content (AvgIpc) is 2.15. The first-order valence-corrected chi connectivity index (χ1v) is 6.79. The van der Waals surface area contributed by atoms with Gasteiger partial charge in [-0.1, -0.05) is 52.9 Å². The third kappa shape index (κ3) is 6.50. The summed E-state index contributed by atoms with van der Waals surface area (Å²) in [5.74, 6) is 0.881. The molecule has 1 fully saturated rings. The molecule has 1 saturated carbocycles. The van der Waals surface area contributed by atoms with Gasteiger partial charge < -0.3 is 5.11 Å². The van der Waals surface area contributed by atoms with Gasteiger partial charge in [-0.3, -0.25) is 4.79 Å². The highest BCUT2D eigenvalue weighted by atomic mass is 16.3. The lowest BCUT2D eigenvalue weighted by Gasteiger charge is -2.20. The summed E-state index contributed by atoms with van der Waals surface area (Å²) >= 11 is 0. The Labute approximate surface area is 105 Å². The van der Waals surface area contributed by atoms with Gasteiger partial charge in [-0.15, -0.1) is 0 Å². The van der Waals surface area contributed by atoms with Crippen molar-refractivity contribution in [1.82, 2.24) is 0 Å². The van der Waals surface area contributed by atoms with Gasteiger partial charge in [0.2, 0.25) is 0 Å². The van der Waals surface area contributed by atoms with E-state index in [0.717, 1.165) is 0 Å². The molecule has 0 amide bonds. The summed E-state index contributed by atoms with van der Waals surface area (Å²) in [7, 11) is 0. The van der Waals surface area contributed by atoms with Crippen molar-refractivity contribution in [3.8, 4) is 0 Å². The Bertz CT molecular complexity index is 278. The average molecular weight is 238 g/mol. The van der Waals surface area contributed by atoms with Crippen LogP contribution in [0.25, 0.3) is 0 Å². The lowest BCUT2D eigenvalue weighted by molar-refractivity contribution is -0.115. The molecule has 1 aliphatic carbocycles. The van der Waals surface area contributed by atoms with Crippen molar-refractivity contribution < 1.29 is 9.90 Å². The van der Waals surface area contributed by atoms with Gasteiger partial charge in [-0.2, -0.15) is 0 Å². The normalized spacial score (nSPS) is 19.4. The highest BCUT2D eigenvalue weighted by Crippen LogP contribution is 2.27. The first-order chi connectivity index (χ1) is 7.87. The van der Waals surface area contributed by atoms with Gasteiger partial charge in [0.25, 0.3) is 0 Å². The van der Waals surface area contributed by atoms with E-state index in [1.807, 2.05) is 0 Å². The van der Waals surface area contributed by atoms with Crippen LogP contribution in [-0.2, 0) is 4.79 Å². The number of ketones is 1. The number of hydrogen-bond acceptors (Lipinski definition) is 2. The molecule has 0 radical (unpaired) electrons. The van der Waals surface area contributed by atoms with Crippen molar-refractivity contribution in [1.29, 1.82) is 0 Å². The molecule has 0 saturated heterocycles. The van der Waals surface area contributed by atoms with E-state index < -0.39 is 0 Å². The second kappa shape index (κ2) is 6.23. The van der Waals surface area contributed by atoms with Gasteiger partial charge in [-0.25, -0.2) is 0 Å². The Morgan fingerprint density at radius 3 is 2.35 bits per heavy atom. The van der Waals surface area contributed by atoms with Gasteiger partial charge in [0.15, 0.2) is 5.78 Å². The van der Waals surface area contributed by atoms with E-state index in [1.54, 1.807) is 0 Å². The minimum Gasteiger partial charge on any atom is -0.512 e. The molecular weight excluding hydrogens is 212 g/mol. The molecule has 0 aromatic rings. The van der Waals surface area contributed by atoms with Gasteiger partial charge in [0.1, 0.15) is 0 Å². The second-order valence-electron chi connectivity index (χ2n) is 6.55. The molecule has 0 aliphatic heterocycles. The minimum atomic E-state index is 0.0334. The summed E-state index contributed by atoms with van der Waals surface area (Å²) in [5.41, 5.74) is 0.0334. The van der Waals surface area contributed by atoms with E-state index in [2.05, 4.69) is 20.8 Å². The van der Waals surface area contributed by atoms with Crippen LogP contribution >= 0.6 is 0 Å². The maximum atomic E-state index is 11.8. The molecule has 0 heterocycles. The molecule has 0 spiro atoms. The predicted molar refractivity (Wildman–Crippen MR) is 71.0 cm³/mol. The van der Waals surface area contributed by atoms with E-state index >= 15 is 0 Å². The lowest BCUT2D eigenvalue weighted by atomic mass is 9.85. The van der Waals surface area contributed by atoms with Crippen LogP contribution in [0.15, 0.2) is 11.8 Å². The summed E-state index contributed by atoms with van der Waals surface area (Å²) in [6, 6.07) is 0. The van der Waals surface area contributed by atoms with Crippen LogP contribution in [0.3, 0.4) is 0 Å². The number of carbonyl (C=O) groups excluding carboxylic acids is 1. The number of rotatable bonds is 4. The number of allylic oxidation sites excluding steroid dienone is 2. The molecule has 0 unspecified atom stereocenters. The van der Waals surface area contributed by atoms with Crippen LogP contribution in [0, 0.1) is 11.3 Å². The van der Waals surface area contributed by atoms with Gasteiger partial charge in [0, 0.05) is 18.9 Å². The summed E-state index contributed by atoms with van der Waals surface area (Å²) in [5, 5.41) is 9.72. The summed E-state index contributed by atoms with van der Waals surface area (Å²) < 4.78 is 0. The van der Waals surface area contributed by atoms with Crippen LogP contribution < -0.4 is 0 Å². The van der Waals surface area contributed by atoms with Crippen LogP contribution in [0.5, 0.6) is 0 Å². The van der Waals surface area contributed by atoms with Gasteiger partial charge in [0.05, 0.1) is 5.76 Å². The molecular formula is C15H26O2. The minimum absolute atomic E-state index is 0.0334. The summed E-state index contributed by atoms with van der Waals surface area (Å²) in [4.78, 5) is 11.8.